The fourth-order valence-electron chi connectivity index (χ4n) is 2.51. The molecule has 0 spiro atoms. The standard InChI is InChI=1S/C18H18N4O2.C2HF3O2/c19-15(12-4-2-1-3-5-12)16(23)18(24)22-13-7-6-11-8-9-21-17(20)14(11)10-13;3-2(4,5)1(6)7/h1-10,15-16,23H,19H2,(H2,20,21)(H,22,24);(H,6,7)/t15-,16+;/m0./s1. The Kier molecular flexibility index (Phi) is 7.51. The summed E-state index contributed by atoms with van der Waals surface area (Å²) in [5.74, 6) is -2.95. The molecule has 0 radical (unpaired) electrons. The zero-order valence-corrected chi connectivity index (χ0v) is 15.9. The monoisotopic (exact) mass is 436 g/mol. The highest BCUT2D eigenvalue weighted by Crippen LogP contribution is 2.23. The number of nitrogen functional groups attached to an aromatic ring is 1. The van der Waals surface area contributed by atoms with Crippen molar-refractivity contribution >= 4 is 34.2 Å². The van der Waals surface area contributed by atoms with Crippen LogP contribution in [-0.2, 0) is 9.59 Å². The quantitative estimate of drug-likeness (QED) is 0.421. The van der Waals surface area contributed by atoms with Gasteiger partial charge in [-0.05, 0) is 29.1 Å². The summed E-state index contributed by atoms with van der Waals surface area (Å²) in [4.78, 5) is 25.2. The molecule has 0 aliphatic rings. The van der Waals surface area contributed by atoms with E-state index in [-0.39, 0.29) is 0 Å². The van der Waals surface area contributed by atoms with E-state index < -0.39 is 30.2 Å². The number of amides is 1. The van der Waals surface area contributed by atoms with Crippen LogP contribution in [0.25, 0.3) is 10.8 Å². The first-order chi connectivity index (χ1) is 14.5. The topological polar surface area (TPSA) is 152 Å². The van der Waals surface area contributed by atoms with Crippen LogP contribution in [0.3, 0.4) is 0 Å². The molecule has 1 amide bonds. The Morgan fingerprint density at radius 3 is 2.26 bits per heavy atom. The molecule has 0 saturated carbocycles. The molecule has 3 rings (SSSR count). The van der Waals surface area contributed by atoms with Gasteiger partial charge >= 0.3 is 12.1 Å². The molecule has 2 atom stereocenters. The van der Waals surface area contributed by atoms with Gasteiger partial charge in [0.1, 0.15) is 5.82 Å². The smallest absolute Gasteiger partial charge is 0.475 e. The minimum absolute atomic E-state index is 0.380. The van der Waals surface area contributed by atoms with Crippen LogP contribution in [0.5, 0.6) is 0 Å². The first kappa shape index (κ1) is 23.6. The Morgan fingerprint density at radius 2 is 1.68 bits per heavy atom. The Labute approximate surface area is 174 Å². The van der Waals surface area contributed by atoms with E-state index in [1.807, 2.05) is 18.2 Å². The Bertz CT molecular complexity index is 1060. The van der Waals surface area contributed by atoms with Crippen LogP contribution in [0, 0.1) is 0 Å². The van der Waals surface area contributed by atoms with Gasteiger partial charge in [0.2, 0.25) is 0 Å². The lowest BCUT2D eigenvalue weighted by molar-refractivity contribution is -0.192. The number of aliphatic carboxylic acids is 1. The summed E-state index contributed by atoms with van der Waals surface area (Å²) in [5.41, 5.74) is 13.0. The summed E-state index contributed by atoms with van der Waals surface area (Å²) in [7, 11) is 0. The van der Waals surface area contributed by atoms with Crippen molar-refractivity contribution in [3.8, 4) is 0 Å². The summed E-state index contributed by atoms with van der Waals surface area (Å²) in [6, 6.07) is 15.3. The second-order valence-corrected chi connectivity index (χ2v) is 6.31. The molecule has 164 valence electrons. The number of fused-ring (bicyclic) bond motifs is 1. The number of aliphatic hydroxyl groups excluding tert-OH is 1. The Morgan fingerprint density at radius 1 is 1.06 bits per heavy atom. The number of nitrogens with one attached hydrogen (secondary N) is 1. The predicted octanol–water partition coefficient (Wildman–Crippen LogP) is 2.45. The number of aromatic nitrogens is 1. The highest BCUT2D eigenvalue weighted by Gasteiger charge is 2.38. The summed E-state index contributed by atoms with van der Waals surface area (Å²) in [5, 5.41) is 21.6. The largest absolute Gasteiger partial charge is 0.490 e. The van der Waals surface area contributed by atoms with Crippen molar-refractivity contribution in [2.24, 2.45) is 5.73 Å². The van der Waals surface area contributed by atoms with Gasteiger partial charge in [0.05, 0.1) is 6.04 Å². The van der Waals surface area contributed by atoms with Crippen molar-refractivity contribution in [3.63, 3.8) is 0 Å². The second kappa shape index (κ2) is 9.87. The van der Waals surface area contributed by atoms with Crippen LogP contribution < -0.4 is 16.8 Å². The normalized spacial score (nSPS) is 12.9. The molecule has 1 aromatic heterocycles. The fourth-order valence-corrected chi connectivity index (χ4v) is 2.51. The molecule has 0 aliphatic heterocycles. The number of rotatable bonds is 4. The molecule has 0 aliphatic carbocycles. The van der Waals surface area contributed by atoms with Gasteiger partial charge in [-0.2, -0.15) is 13.2 Å². The van der Waals surface area contributed by atoms with Gasteiger partial charge in [0, 0.05) is 17.3 Å². The molecule has 0 fully saturated rings. The minimum atomic E-state index is -5.08. The number of carbonyl (C=O) groups excluding carboxylic acids is 1. The number of carboxylic acid groups (broad SMARTS) is 1. The second-order valence-electron chi connectivity index (χ2n) is 6.31. The fraction of sp³-hybridized carbons (Fsp3) is 0.150. The molecule has 11 heteroatoms. The molecule has 31 heavy (non-hydrogen) atoms. The van der Waals surface area contributed by atoms with Crippen molar-refractivity contribution in [2.45, 2.75) is 18.3 Å². The van der Waals surface area contributed by atoms with Gasteiger partial charge in [-0.1, -0.05) is 36.4 Å². The minimum Gasteiger partial charge on any atom is -0.475 e. The molecule has 0 bridgehead atoms. The number of benzene rings is 2. The van der Waals surface area contributed by atoms with Crippen molar-refractivity contribution < 1.29 is 33.0 Å². The zero-order chi connectivity index (χ0) is 23.2. The van der Waals surface area contributed by atoms with Gasteiger partial charge in [-0.15, -0.1) is 0 Å². The molecular weight excluding hydrogens is 417 g/mol. The van der Waals surface area contributed by atoms with E-state index in [4.69, 9.17) is 21.4 Å². The number of aliphatic hydroxyl groups is 1. The van der Waals surface area contributed by atoms with Gasteiger partial charge in [0.25, 0.3) is 5.91 Å². The number of anilines is 2. The number of carboxylic acids is 1. The van der Waals surface area contributed by atoms with Crippen LogP contribution >= 0.6 is 0 Å². The van der Waals surface area contributed by atoms with Crippen LogP contribution in [0.15, 0.2) is 60.8 Å². The van der Waals surface area contributed by atoms with Crippen LogP contribution in [0.1, 0.15) is 11.6 Å². The van der Waals surface area contributed by atoms with Gasteiger partial charge in [-0.25, -0.2) is 9.78 Å². The lowest BCUT2D eigenvalue weighted by Crippen LogP contribution is -2.37. The Balaban J connectivity index is 0.000000423. The van der Waals surface area contributed by atoms with Gasteiger partial charge in [0.15, 0.2) is 6.10 Å². The van der Waals surface area contributed by atoms with Gasteiger partial charge in [-0.3, -0.25) is 4.79 Å². The zero-order valence-electron chi connectivity index (χ0n) is 15.9. The van der Waals surface area contributed by atoms with E-state index in [1.54, 1.807) is 42.6 Å². The van der Waals surface area contributed by atoms with Crippen LogP contribution in [0.2, 0.25) is 0 Å². The first-order valence-corrected chi connectivity index (χ1v) is 8.74. The van der Waals surface area contributed by atoms with Crippen molar-refractivity contribution in [1.29, 1.82) is 0 Å². The van der Waals surface area contributed by atoms with E-state index in [0.29, 0.717) is 17.1 Å². The first-order valence-electron chi connectivity index (χ1n) is 8.74. The van der Waals surface area contributed by atoms with E-state index in [9.17, 15) is 23.1 Å². The number of carbonyl (C=O) groups is 2. The number of alkyl halides is 3. The number of halogens is 3. The summed E-state index contributed by atoms with van der Waals surface area (Å²) >= 11 is 0. The lowest BCUT2D eigenvalue weighted by Gasteiger charge is -2.19. The number of hydrogen-bond donors (Lipinski definition) is 5. The molecule has 8 nitrogen and oxygen atoms in total. The maximum Gasteiger partial charge on any atom is 0.490 e. The van der Waals surface area contributed by atoms with Crippen molar-refractivity contribution in [2.75, 3.05) is 11.1 Å². The molecule has 7 N–H and O–H groups in total. The third-order valence-corrected chi connectivity index (χ3v) is 4.10. The molecule has 2 aromatic carbocycles. The van der Waals surface area contributed by atoms with Crippen LogP contribution in [0.4, 0.5) is 24.7 Å². The van der Waals surface area contributed by atoms with E-state index >= 15 is 0 Å². The average Bonchev–Trinajstić information content (AvgIpc) is 2.73. The maximum atomic E-state index is 12.3. The molecule has 0 unspecified atom stereocenters. The van der Waals surface area contributed by atoms with E-state index in [1.165, 1.54) is 0 Å². The summed E-state index contributed by atoms with van der Waals surface area (Å²) < 4.78 is 31.7. The number of nitrogens with two attached hydrogens (primary N) is 2. The predicted molar refractivity (Wildman–Crippen MR) is 108 cm³/mol. The van der Waals surface area contributed by atoms with Crippen molar-refractivity contribution in [1.82, 2.24) is 4.98 Å². The summed E-state index contributed by atoms with van der Waals surface area (Å²) in [6.07, 6.45) is -4.83. The van der Waals surface area contributed by atoms with E-state index in [2.05, 4.69) is 10.3 Å². The van der Waals surface area contributed by atoms with E-state index in [0.717, 1.165) is 10.8 Å². The molecule has 1 heterocycles. The lowest BCUT2D eigenvalue weighted by atomic mass is 10.0. The molecule has 3 aromatic rings. The number of hydrogen-bond acceptors (Lipinski definition) is 6. The number of pyridine rings is 1. The van der Waals surface area contributed by atoms with Crippen molar-refractivity contribution in [3.05, 3.63) is 66.4 Å². The molecular formula is C20H19F3N4O4. The molecule has 0 saturated heterocycles. The highest BCUT2D eigenvalue weighted by atomic mass is 19.4. The highest BCUT2D eigenvalue weighted by molar-refractivity contribution is 5.99. The number of nitrogens with zero attached hydrogens (tertiary/aromatic N) is 1. The SMILES string of the molecule is Nc1nccc2ccc(NC(=O)[C@H](O)[C@@H](N)c3ccccc3)cc12.O=C(O)C(F)(F)F. The third kappa shape index (κ3) is 6.39. The maximum absolute atomic E-state index is 12.3. The van der Waals surface area contributed by atoms with Gasteiger partial charge < -0.3 is 27.0 Å². The third-order valence-electron chi connectivity index (χ3n) is 4.10. The Hall–Kier alpha value is -3.70. The average molecular weight is 436 g/mol. The summed E-state index contributed by atoms with van der Waals surface area (Å²) in [6.45, 7) is 0. The van der Waals surface area contributed by atoms with Crippen LogP contribution in [-0.4, -0.2) is 39.4 Å².